The van der Waals surface area contributed by atoms with Crippen LogP contribution in [-0.2, 0) is 0 Å². The zero-order valence-electron chi connectivity index (χ0n) is 11.2. The average Bonchev–Trinajstić information content (AvgIpc) is 2.86. The number of halogens is 3. The summed E-state index contributed by atoms with van der Waals surface area (Å²) in [5.74, 6) is 0.603. The van der Waals surface area contributed by atoms with E-state index < -0.39 is 6.36 Å². The molecule has 1 aromatic carbocycles. The van der Waals surface area contributed by atoms with E-state index in [4.69, 9.17) is 0 Å². The molecule has 2 rings (SSSR count). The van der Waals surface area contributed by atoms with Crippen molar-refractivity contribution in [1.82, 2.24) is 20.2 Å². The summed E-state index contributed by atoms with van der Waals surface area (Å²) in [5, 5.41) is 11.9. The topological polar surface area (TPSA) is 52.8 Å². The van der Waals surface area contributed by atoms with Crippen LogP contribution in [0.4, 0.5) is 13.2 Å². The number of nitrogens with zero attached hydrogens (tertiary/aromatic N) is 4. The van der Waals surface area contributed by atoms with Crippen molar-refractivity contribution in [2.24, 2.45) is 0 Å². The largest absolute Gasteiger partial charge is 0.573 e. The maximum Gasteiger partial charge on any atom is 0.573 e. The molecule has 0 aliphatic heterocycles. The number of benzene rings is 1. The molecule has 0 bridgehead atoms. The van der Waals surface area contributed by atoms with Crippen molar-refractivity contribution in [3.05, 3.63) is 24.3 Å². The predicted molar refractivity (Wildman–Crippen MR) is 71.5 cm³/mol. The van der Waals surface area contributed by atoms with Crippen LogP contribution in [0.25, 0.3) is 5.69 Å². The van der Waals surface area contributed by atoms with Crippen molar-refractivity contribution >= 4 is 11.8 Å². The first-order valence-electron chi connectivity index (χ1n) is 6.27. The average molecular weight is 318 g/mol. The third-order valence-electron chi connectivity index (χ3n) is 2.48. The SMILES string of the molecule is CCCCSc1nnnn1-c1ccc(OC(F)(F)F)cc1. The van der Waals surface area contributed by atoms with Gasteiger partial charge in [-0.25, -0.2) is 0 Å². The van der Waals surface area contributed by atoms with E-state index in [1.807, 2.05) is 0 Å². The van der Waals surface area contributed by atoms with Crippen LogP contribution in [0, 0.1) is 0 Å². The number of thioether (sulfide) groups is 1. The van der Waals surface area contributed by atoms with Crippen LogP contribution < -0.4 is 4.74 Å². The Morgan fingerprint density at radius 1 is 1.24 bits per heavy atom. The molecule has 114 valence electrons. The Hall–Kier alpha value is -1.77. The first kappa shape index (κ1) is 15.6. The van der Waals surface area contributed by atoms with E-state index in [0.717, 1.165) is 18.6 Å². The van der Waals surface area contributed by atoms with Gasteiger partial charge in [-0.15, -0.1) is 18.3 Å². The summed E-state index contributed by atoms with van der Waals surface area (Å²) < 4.78 is 41.6. The Morgan fingerprint density at radius 2 is 1.95 bits per heavy atom. The molecule has 0 atom stereocenters. The minimum absolute atomic E-state index is 0.278. The highest BCUT2D eigenvalue weighted by Gasteiger charge is 2.31. The molecule has 0 spiro atoms. The summed E-state index contributed by atoms with van der Waals surface area (Å²) in [5.41, 5.74) is 0.577. The molecule has 2 aromatic rings. The maximum atomic E-state index is 12.1. The molecule has 0 N–H and O–H groups in total. The highest BCUT2D eigenvalue weighted by molar-refractivity contribution is 7.99. The van der Waals surface area contributed by atoms with Gasteiger partial charge in [0.1, 0.15) is 5.75 Å². The molecule has 5 nitrogen and oxygen atoms in total. The van der Waals surface area contributed by atoms with Crippen molar-refractivity contribution in [1.29, 1.82) is 0 Å². The molecule has 0 saturated carbocycles. The second-order valence-corrected chi connectivity index (χ2v) is 5.18. The highest BCUT2D eigenvalue weighted by atomic mass is 32.2. The van der Waals surface area contributed by atoms with E-state index in [1.165, 1.54) is 40.7 Å². The number of ether oxygens (including phenoxy) is 1. The van der Waals surface area contributed by atoms with Crippen LogP contribution in [0.2, 0.25) is 0 Å². The predicted octanol–water partition coefficient (Wildman–Crippen LogP) is 3.45. The van der Waals surface area contributed by atoms with Crippen molar-refractivity contribution in [3.63, 3.8) is 0 Å². The van der Waals surface area contributed by atoms with Crippen molar-refractivity contribution in [3.8, 4) is 11.4 Å². The van der Waals surface area contributed by atoms with Gasteiger partial charge in [0.25, 0.3) is 0 Å². The summed E-state index contributed by atoms with van der Waals surface area (Å²) >= 11 is 1.50. The van der Waals surface area contributed by atoms with Crippen LogP contribution in [0.1, 0.15) is 19.8 Å². The number of aromatic nitrogens is 4. The monoisotopic (exact) mass is 318 g/mol. The number of hydrogen-bond donors (Lipinski definition) is 0. The molecule has 21 heavy (non-hydrogen) atoms. The van der Waals surface area contributed by atoms with Gasteiger partial charge in [-0.3, -0.25) is 0 Å². The van der Waals surface area contributed by atoms with Crippen LogP contribution in [0.3, 0.4) is 0 Å². The summed E-state index contributed by atoms with van der Waals surface area (Å²) in [6, 6.07) is 5.40. The third kappa shape index (κ3) is 4.62. The van der Waals surface area contributed by atoms with Gasteiger partial charge in [0.15, 0.2) is 0 Å². The lowest BCUT2D eigenvalue weighted by atomic mass is 10.3. The molecular weight excluding hydrogens is 305 g/mol. The summed E-state index contributed by atoms with van der Waals surface area (Å²) in [7, 11) is 0. The molecule has 0 unspecified atom stereocenters. The van der Waals surface area contributed by atoms with Gasteiger partial charge in [-0.2, -0.15) is 4.68 Å². The molecule has 0 fully saturated rings. The van der Waals surface area contributed by atoms with E-state index in [0.29, 0.717) is 10.8 Å². The fraction of sp³-hybridized carbons (Fsp3) is 0.417. The fourth-order valence-corrected chi connectivity index (χ4v) is 2.50. The minimum Gasteiger partial charge on any atom is -0.406 e. The Bertz CT molecular complexity index is 571. The van der Waals surface area contributed by atoms with Crippen LogP contribution in [-0.4, -0.2) is 32.3 Å². The van der Waals surface area contributed by atoms with Crippen molar-refractivity contribution in [2.75, 3.05) is 5.75 Å². The van der Waals surface area contributed by atoms with Crippen molar-refractivity contribution < 1.29 is 17.9 Å². The second-order valence-electron chi connectivity index (χ2n) is 4.12. The van der Waals surface area contributed by atoms with Gasteiger partial charge in [0, 0.05) is 5.75 Å². The lowest BCUT2D eigenvalue weighted by Gasteiger charge is -2.09. The number of alkyl halides is 3. The van der Waals surface area contributed by atoms with E-state index in [1.54, 1.807) is 0 Å². The maximum absolute atomic E-state index is 12.1. The van der Waals surface area contributed by atoms with Crippen LogP contribution in [0.5, 0.6) is 5.75 Å². The molecule has 1 aromatic heterocycles. The lowest BCUT2D eigenvalue weighted by Crippen LogP contribution is -2.17. The first-order valence-corrected chi connectivity index (χ1v) is 7.25. The second kappa shape index (κ2) is 6.79. The van der Waals surface area contributed by atoms with Crippen LogP contribution >= 0.6 is 11.8 Å². The Kier molecular flexibility index (Phi) is 5.05. The number of hydrogen-bond acceptors (Lipinski definition) is 5. The number of rotatable bonds is 6. The summed E-state index contributed by atoms with van der Waals surface area (Å²) in [6.45, 7) is 2.09. The fourth-order valence-electron chi connectivity index (χ4n) is 1.53. The smallest absolute Gasteiger partial charge is 0.406 e. The lowest BCUT2D eigenvalue weighted by molar-refractivity contribution is -0.274. The standard InChI is InChI=1S/C12H13F3N4OS/c1-2-3-8-21-11-16-17-18-19(11)9-4-6-10(7-5-9)20-12(13,14)15/h4-7H,2-3,8H2,1H3. The number of tetrazole rings is 1. The highest BCUT2D eigenvalue weighted by Crippen LogP contribution is 2.25. The Balaban J connectivity index is 2.10. The van der Waals surface area contributed by atoms with E-state index in [9.17, 15) is 13.2 Å². The Morgan fingerprint density at radius 3 is 2.57 bits per heavy atom. The van der Waals surface area contributed by atoms with E-state index in [-0.39, 0.29) is 5.75 Å². The van der Waals surface area contributed by atoms with Crippen LogP contribution in [0.15, 0.2) is 29.4 Å². The molecule has 0 radical (unpaired) electrons. The molecule has 9 heteroatoms. The number of unbranched alkanes of at least 4 members (excludes halogenated alkanes) is 1. The van der Waals surface area contributed by atoms with Crippen molar-refractivity contribution in [2.45, 2.75) is 31.3 Å². The summed E-state index contributed by atoms with van der Waals surface area (Å²) in [6.07, 6.45) is -2.59. The minimum atomic E-state index is -4.70. The van der Waals surface area contributed by atoms with Gasteiger partial charge in [-0.1, -0.05) is 25.1 Å². The molecule has 0 aliphatic rings. The molecule has 0 aliphatic carbocycles. The first-order chi connectivity index (χ1) is 9.99. The van der Waals surface area contributed by atoms with Gasteiger partial charge in [0.05, 0.1) is 5.69 Å². The van der Waals surface area contributed by atoms with Gasteiger partial charge >= 0.3 is 6.36 Å². The molecule has 0 amide bonds. The summed E-state index contributed by atoms with van der Waals surface area (Å²) in [4.78, 5) is 0. The molecule has 0 saturated heterocycles. The zero-order chi connectivity index (χ0) is 15.3. The Labute approximate surface area is 123 Å². The van der Waals surface area contributed by atoms with Gasteiger partial charge < -0.3 is 4.74 Å². The molecular formula is C12H13F3N4OS. The zero-order valence-corrected chi connectivity index (χ0v) is 12.0. The third-order valence-corrected chi connectivity index (χ3v) is 3.49. The van der Waals surface area contributed by atoms with E-state index in [2.05, 4.69) is 27.2 Å². The van der Waals surface area contributed by atoms with Gasteiger partial charge in [0.2, 0.25) is 5.16 Å². The normalized spacial score (nSPS) is 11.6. The quantitative estimate of drug-likeness (QED) is 0.603. The van der Waals surface area contributed by atoms with Gasteiger partial charge in [-0.05, 0) is 41.1 Å². The van der Waals surface area contributed by atoms with E-state index >= 15 is 0 Å². The molecule has 1 heterocycles.